The van der Waals surface area contributed by atoms with Crippen LogP contribution in [0.1, 0.15) is 35.3 Å². The van der Waals surface area contributed by atoms with Crippen LogP contribution in [0, 0.1) is 6.92 Å². The zero-order valence-electron chi connectivity index (χ0n) is 14.7. The second-order valence-electron chi connectivity index (χ2n) is 6.43. The molecule has 0 atom stereocenters. The van der Waals surface area contributed by atoms with E-state index in [1.54, 1.807) is 24.3 Å². The number of carbonyl (C=O) groups excluding carboxylic acids is 1. The van der Waals surface area contributed by atoms with E-state index in [2.05, 4.69) is 5.32 Å². The highest BCUT2D eigenvalue weighted by molar-refractivity contribution is 5.94. The molecule has 0 fully saturated rings. The molecule has 2 aromatic carbocycles. The summed E-state index contributed by atoms with van der Waals surface area (Å²) in [4.78, 5) is 23.1. The SMILES string of the molecule is Cc1ccc(C(=O)NCCc2ccc(OC(C)(C)C(=O)O)cc2)cc1. The number of carbonyl (C=O) groups is 2. The maximum atomic E-state index is 12.0. The number of carboxylic acid groups (broad SMARTS) is 1. The number of hydrogen-bond donors (Lipinski definition) is 2. The van der Waals surface area contributed by atoms with Crippen molar-refractivity contribution in [3.05, 3.63) is 65.2 Å². The first-order valence-electron chi connectivity index (χ1n) is 8.14. The summed E-state index contributed by atoms with van der Waals surface area (Å²) in [6.45, 7) is 5.51. The van der Waals surface area contributed by atoms with Gasteiger partial charge in [-0.1, -0.05) is 29.8 Å². The highest BCUT2D eigenvalue weighted by Crippen LogP contribution is 2.19. The van der Waals surface area contributed by atoms with Gasteiger partial charge in [-0.25, -0.2) is 4.79 Å². The molecule has 0 aliphatic carbocycles. The Hall–Kier alpha value is -2.82. The van der Waals surface area contributed by atoms with E-state index in [0.717, 1.165) is 11.1 Å². The van der Waals surface area contributed by atoms with E-state index in [4.69, 9.17) is 9.84 Å². The Morgan fingerprint density at radius 2 is 1.64 bits per heavy atom. The minimum absolute atomic E-state index is 0.0943. The molecule has 132 valence electrons. The molecule has 2 aromatic rings. The second-order valence-corrected chi connectivity index (χ2v) is 6.43. The predicted molar refractivity (Wildman–Crippen MR) is 96.0 cm³/mol. The van der Waals surface area contributed by atoms with Crippen molar-refractivity contribution in [3.63, 3.8) is 0 Å². The quantitative estimate of drug-likeness (QED) is 0.811. The van der Waals surface area contributed by atoms with Gasteiger partial charge >= 0.3 is 5.97 Å². The first kappa shape index (κ1) is 18.5. The number of carboxylic acids is 1. The van der Waals surface area contributed by atoms with E-state index in [0.29, 0.717) is 24.3 Å². The zero-order valence-corrected chi connectivity index (χ0v) is 14.7. The van der Waals surface area contributed by atoms with Gasteiger partial charge in [0.15, 0.2) is 5.60 Å². The summed E-state index contributed by atoms with van der Waals surface area (Å²) in [7, 11) is 0. The van der Waals surface area contributed by atoms with Crippen LogP contribution in [0.4, 0.5) is 0 Å². The van der Waals surface area contributed by atoms with Crippen LogP contribution >= 0.6 is 0 Å². The van der Waals surface area contributed by atoms with Crippen LogP contribution in [0.5, 0.6) is 5.75 Å². The summed E-state index contributed by atoms with van der Waals surface area (Å²) in [5.41, 5.74) is 1.52. The van der Waals surface area contributed by atoms with Gasteiger partial charge in [0, 0.05) is 12.1 Å². The summed E-state index contributed by atoms with van der Waals surface area (Å²) in [6, 6.07) is 14.6. The average Bonchev–Trinajstić information content (AvgIpc) is 2.56. The van der Waals surface area contributed by atoms with E-state index in [1.807, 2.05) is 31.2 Å². The lowest BCUT2D eigenvalue weighted by atomic mass is 10.1. The summed E-state index contributed by atoms with van der Waals surface area (Å²) >= 11 is 0. The third kappa shape index (κ3) is 5.35. The molecule has 0 aliphatic rings. The topological polar surface area (TPSA) is 75.6 Å². The molecule has 0 saturated carbocycles. The summed E-state index contributed by atoms with van der Waals surface area (Å²) < 4.78 is 5.46. The predicted octanol–water partition coefficient (Wildman–Crippen LogP) is 3.21. The first-order chi connectivity index (χ1) is 11.8. The Bertz CT molecular complexity index is 733. The van der Waals surface area contributed by atoms with E-state index < -0.39 is 11.6 Å². The molecular weight excluding hydrogens is 318 g/mol. The molecule has 1 amide bonds. The highest BCUT2D eigenvalue weighted by Gasteiger charge is 2.29. The Kier molecular flexibility index (Phi) is 5.80. The largest absolute Gasteiger partial charge is 0.478 e. The highest BCUT2D eigenvalue weighted by atomic mass is 16.5. The van der Waals surface area contributed by atoms with Crippen LogP contribution in [0.2, 0.25) is 0 Å². The van der Waals surface area contributed by atoms with Gasteiger partial charge in [0.1, 0.15) is 5.75 Å². The van der Waals surface area contributed by atoms with Gasteiger partial charge in [-0.15, -0.1) is 0 Å². The minimum atomic E-state index is -1.27. The smallest absolute Gasteiger partial charge is 0.347 e. The molecular formula is C20H23NO4. The van der Waals surface area contributed by atoms with Crippen LogP contribution in [0.25, 0.3) is 0 Å². The van der Waals surface area contributed by atoms with Gasteiger partial charge in [-0.05, 0) is 57.0 Å². The molecule has 0 aromatic heterocycles. The van der Waals surface area contributed by atoms with Gasteiger partial charge in [0.05, 0.1) is 0 Å². The molecule has 25 heavy (non-hydrogen) atoms. The molecule has 0 saturated heterocycles. The van der Waals surface area contributed by atoms with Gasteiger partial charge < -0.3 is 15.2 Å². The monoisotopic (exact) mass is 341 g/mol. The molecule has 2 rings (SSSR count). The molecule has 0 heterocycles. The van der Waals surface area contributed by atoms with Crippen LogP contribution < -0.4 is 10.1 Å². The Balaban J connectivity index is 1.84. The van der Waals surface area contributed by atoms with E-state index in [9.17, 15) is 9.59 Å². The second kappa shape index (κ2) is 7.83. The molecule has 0 unspecified atom stereocenters. The molecule has 0 aliphatic heterocycles. The number of amides is 1. The first-order valence-corrected chi connectivity index (χ1v) is 8.14. The zero-order chi connectivity index (χ0) is 18.4. The van der Waals surface area contributed by atoms with Crippen molar-refractivity contribution in [2.45, 2.75) is 32.8 Å². The fraction of sp³-hybridized carbons (Fsp3) is 0.300. The van der Waals surface area contributed by atoms with Crippen molar-refractivity contribution >= 4 is 11.9 Å². The van der Waals surface area contributed by atoms with Gasteiger partial charge in [-0.2, -0.15) is 0 Å². The maximum absolute atomic E-state index is 12.0. The Morgan fingerprint density at radius 3 is 2.20 bits per heavy atom. The maximum Gasteiger partial charge on any atom is 0.347 e. The summed E-state index contributed by atoms with van der Waals surface area (Å²) in [6.07, 6.45) is 0.681. The van der Waals surface area contributed by atoms with Crippen LogP contribution in [0.3, 0.4) is 0 Å². The lowest BCUT2D eigenvalue weighted by Gasteiger charge is -2.21. The van der Waals surface area contributed by atoms with E-state index >= 15 is 0 Å². The number of benzene rings is 2. The van der Waals surface area contributed by atoms with Gasteiger partial charge in [0.25, 0.3) is 5.91 Å². The standard InChI is InChI=1S/C20H23NO4/c1-14-4-8-16(9-5-14)18(22)21-13-12-15-6-10-17(11-7-15)25-20(2,3)19(23)24/h4-11H,12-13H2,1-3H3,(H,21,22)(H,23,24). The molecule has 0 bridgehead atoms. The van der Waals surface area contributed by atoms with E-state index in [1.165, 1.54) is 13.8 Å². The Morgan fingerprint density at radius 1 is 1.04 bits per heavy atom. The van der Waals surface area contributed by atoms with Crippen molar-refractivity contribution in [1.29, 1.82) is 0 Å². The molecule has 5 heteroatoms. The van der Waals surface area contributed by atoms with Crippen molar-refractivity contribution in [1.82, 2.24) is 5.32 Å². The van der Waals surface area contributed by atoms with Crippen molar-refractivity contribution in [2.75, 3.05) is 6.54 Å². The number of rotatable bonds is 7. The van der Waals surface area contributed by atoms with Crippen molar-refractivity contribution < 1.29 is 19.4 Å². The van der Waals surface area contributed by atoms with E-state index in [-0.39, 0.29) is 5.91 Å². The summed E-state index contributed by atoms with van der Waals surface area (Å²) in [5, 5.41) is 12.0. The minimum Gasteiger partial charge on any atom is -0.478 e. The van der Waals surface area contributed by atoms with Crippen LogP contribution in [-0.2, 0) is 11.2 Å². The van der Waals surface area contributed by atoms with Gasteiger partial charge in [0.2, 0.25) is 0 Å². The third-order valence-electron chi connectivity index (χ3n) is 3.82. The number of ether oxygens (including phenoxy) is 1. The van der Waals surface area contributed by atoms with Crippen molar-refractivity contribution in [2.24, 2.45) is 0 Å². The molecule has 0 radical (unpaired) electrons. The number of hydrogen-bond acceptors (Lipinski definition) is 3. The van der Waals surface area contributed by atoms with Gasteiger partial charge in [-0.3, -0.25) is 4.79 Å². The molecule has 2 N–H and O–H groups in total. The number of aliphatic carboxylic acids is 1. The molecule has 0 spiro atoms. The van der Waals surface area contributed by atoms with Crippen LogP contribution in [0.15, 0.2) is 48.5 Å². The third-order valence-corrected chi connectivity index (χ3v) is 3.82. The Labute approximate surface area is 147 Å². The number of nitrogens with one attached hydrogen (secondary N) is 1. The lowest BCUT2D eigenvalue weighted by Crippen LogP contribution is -2.37. The summed E-state index contributed by atoms with van der Waals surface area (Å²) in [5.74, 6) is -0.613. The van der Waals surface area contributed by atoms with Crippen LogP contribution in [-0.4, -0.2) is 29.1 Å². The normalized spacial score (nSPS) is 11.0. The lowest BCUT2D eigenvalue weighted by molar-refractivity contribution is -0.152. The van der Waals surface area contributed by atoms with Crippen molar-refractivity contribution in [3.8, 4) is 5.75 Å². The fourth-order valence-corrected chi connectivity index (χ4v) is 2.19. The fourth-order valence-electron chi connectivity index (χ4n) is 2.19. The number of aryl methyl sites for hydroxylation is 1. The molecule has 5 nitrogen and oxygen atoms in total. The average molecular weight is 341 g/mol.